The Kier molecular flexibility index (Phi) is 4.31. The molecule has 0 saturated carbocycles. The average Bonchev–Trinajstić information content (AvgIpc) is 1.72. The Hall–Kier alpha value is 0.0901. The van der Waals surface area contributed by atoms with Crippen LogP contribution in [0, 0.1) is 0 Å². The van der Waals surface area contributed by atoms with Gasteiger partial charge in [-0.3, -0.25) is 0 Å². The van der Waals surface area contributed by atoms with E-state index in [1.54, 1.807) is 0 Å². The predicted molar refractivity (Wildman–Crippen MR) is 32.2 cm³/mol. The predicted octanol–water partition coefficient (Wildman–Crippen LogP) is 1.31. The Morgan fingerprint density at radius 3 is 0.714 bits per heavy atom. The van der Waals surface area contributed by atoms with Gasteiger partial charge >= 0.3 is 0 Å². The number of rotatable bonds is 0. The summed E-state index contributed by atoms with van der Waals surface area (Å²) in [4.78, 5) is 0. The summed E-state index contributed by atoms with van der Waals surface area (Å²) in [5.41, 5.74) is 0. The Balaban J connectivity index is 0.000000360. The van der Waals surface area contributed by atoms with Crippen molar-refractivity contribution >= 4 is 25.8 Å². The molecule has 1 aromatic carbocycles. The van der Waals surface area contributed by atoms with Crippen molar-refractivity contribution < 1.29 is 0 Å². The molecule has 0 fully saturated rings. The topological polar surface area (TPSA) is 0 Å². The molecule has 0 unspecified atom stereocenters. The van der Waals surface area contributed by atoms with Gasteiger partial charge in [0.15, 0.2) is 0 Å². The first-order valence-corrected chi connectivity index (χ1v) is 2.00. The fraction of sp³-hybridized carbons (Fsp3) is 0. The van der Waals surface area contributed by atoms with Crippen molar-refractivity contribution in [3.8, 4) is 0 Å². The van der Waals surface area contributed by atoms with Crippen LogP contribution in [0.2, 0.25) is 0 Å². The van der Waals surface area contributed by atoms with Crippen molar-refractivity contribution in [2.75, 3.05) is 0 Å². The molecule has 3 radical (unpaired) electrons. The van der Waals surface area contributed by atoms with E-state index in [9.17, 15) is 0 Å². The first-order chi connectivity index (χ1) is 3.00. The Labute approximate surface area is 62.3 Å². The largest absolute Gasteiger partial charge is 0.0623 e. The molecular weight excluding hydrogens is 187 g/mol. The third-order valence-corrected chi connectivity index (χ3v) is 0.667. The Bertz CT molecular complexity index is 76.1. The van der Waals surface area contributed by atoms with Crippen molar-refractivity contribution in [1.29, 1.82) is 0 Å². The second-order valence-corrected chi connectivity index (χ2v) is 1.15. The van der Waals surface area contributed by atoms with Crippen LogP contribution in [0.1, 0.15) is 0 Å². The van der Waals surface area contributed by atoms with Gasteiger partial charge in [0.2, 0.25) is 0 Å². The van der Waals surface area contributed by atoms with Crippen LogP contribution in [0.15, 0.2) is 36.4 Å². The molecule has 0 spiro atoms. The summed E-state index contributed by atoms with van der Waals surface area (Å²) >= 11 is 0. The molecule has 0 atom stereocenters. The van der Waals surface area contributed by atoms with E-state index in [4.69, 9.17) is 0 Å². The van der Waals surface area contributed by atoms with Gasteiger partial charge < -0.3 is 0 Å². The second kappa shape index (κ2) is 4.25. The van der Waals surface area contributed by atoms with Gasteiger partial charge in [0.05, 0.1) is 0 Å². The molecule has 0 bridgehead atoms. The quantitative estimate of drug-likeness (QED) is 0.582. The summed E-state index contributed by atoms with van der Waals surface area (Å²) in [6.45, 7) is 0. The van der Waals surface area contributed by atoms with E-state index in [-0.39, 0.29) is 25.8 Å². The molecule has 0 amide bonds. The molecule has 0 aliphatic heterocycles. The first-order valence-electron chi connectivity index (χ1n) is 2.00. The summed E-state index contributed by atoms with van der Waals surface area (Å²) in [5.74, 6) is 0. The van der Waals surface area contributed by atoms with Gasteiger partial charge in [-0.25, -0.2) is 0 Å². The molecule has 0 aliphatic rings. The van der Waals surface area contributed by atoms with Gasteiger partial charge in [0.25, 0.3) is 0 Å². The van der Waals surface area contributed by atoms with E-state index in [1.807, 2.05) is 36.4 Å². The molecule has 0 aliphatic carbocycles. The van der Waals surface area contributed by atoms with Gasteiger partial charge in [0.1, 0.15) is 0 Å². The van der Waals surface area contributed by atoms with E-state index in [1.165, 1.54) is 0 Å². The average molecular weight is 193 g/mol. The molecular formula is C6H6In. The van der Waals surface area contributed by atoms with Crippen LogP contribution in [0.4, 0.5) is 0 Å². The summed E-state index contributed by atoms with van der Waals surface area (Å²) in [7, 11) is 0. The number of benzene rings is 1. The van der Waals surface area contributed by atoms with Gasteiger partial charge in [-0.05, 0) is 0 Å². The minimum Gasteiger partial charge on any atom is -0.0623 e. The van der Waals surface area contributed by atoms with Crippen LogP contribution in [0.25, 0.3) is 0 Å². The third kappa shape index (κ3) is 2.75. The van der Waals surface area contributed by atoms with Crippen molar-refractivity contribution in [1.82, 2.24) is 0 Å². The molecule has 0 nitrogen and oxygen atoms in total. The normalized spacial score (nSPS) is 6.86. The zero-order valence-electron chi connectivity index (χ0n) is 4.04. The molecule has 7 heavy (non-hydrogen) atoms. The molecule has 1 heteroatoms. The van der Waals surface area contributed by atoms with E-state index >= 15 is 0 Å². The third-order valence-electron chi connectivity index (χ3n) is 0.667. The van der Waals surface area contributed by atoms with Crippen LogP contribution in [-0.2, 0) is 0 Å². The van der Waals surface area contributed by atoms with Crippen LogP contribution in [-0.4, -0.2) is 25.8 Å². The summed E-state index contributed by atoms with van der Waals surface area (Å²) in [6, 6.07) is 12.0. The summed E-state index contributed by atoms with van der Waals surface area (Å²) in [5, 5.41) is 0. The van der Waals surface area contributed by atoms with Crippen LogP contribution in [0.3, 0.4) is 0 Å². The van der Waals surface area contributed by atoms with E-state index in [0.717, 1.165) is 0 Å². The van der Waals surface area contributed by atoms with E-state index in [0.29, 0.717) is 0 Å². The summed E-state index contributed by atoms with van der Waals surface area (Å²) in [6.07, 6.45) is 0. The minimum absolute atomic E-state index is 0. The molecule has 1 aromatic rings. The monoisotopic (exact) mass is 193 g/mol. The van der Waals surface area contributed by atoms with Gasteiger partial charge in [0, 0.05) is 25.8 Å². The summed E-state index contributed by atoms with van der Waals surface area (Å²) < 4.78 is 0. The maximum atomic E-state index is 2.00. The maximum absolute atomic E-state index is 2.00. The van der Waals surface area contributed by atoms with Gasteiger partial charge in [-0.2, -0.15) is 0 Å². The maximum Gasteiger partial charge on any atom is 0 e. The smallest absolute Gasteiger partial charge is 0 e. The molecule has 1 rings (SSSR count). The molecule has 0 saturated heterocycles. The zero-order chi connectivity index (χ0) is 4.24. The fourth-order valence-electron chi connectivity index (χ4n) is 0.385. The van der Waals surface area contributed by atoms with Crippen molar-refractivity contribution in [3.05, 3.63) is 36.4 Å². The SMILES string of the molecule is [In].c1ccccc1. The zero-order valence-corrected chi connectivity index (χ0v) is 7.34. The molecule has 33 valence electrons. The van der Waals surface area contributed by atoms with E-state index < -0.39 is 0 Å². The first kappa shape index (κ1) is 7.09. The van der Waals surface area contributed by atoms with Crippen LogP contribution in [0.5, 0.6) is 0 Å². The number of hydrogen-bond acceptors (Lipinski definition) is 0. The Morgan fingerprint density at radius 2 is 0.571 bits per heavy atom. The standard InChI is InChI=1S/C6H6.In/c1-2-4-6-5-3-1;/h1-6H;. The fourth-order valence-corrected chi connectivity index (χ4v) is 0.385. The van der Waals surface area contributed by atoms with Gasteiger partial charge in [-0.15, -0.1) is 0 Å². The van der Waals surface area contributed by atoms with Crippen molar-refractivity contribution in [3.63, 3.8) is 0 Å². The van der Waals surface area contributed by atoms with Crippen LogP contribution >= 0.6 is 0 Å². The molecule has 0 heterocycles. The van der Waals surface area contributed by atoms with Gasteiger partial charge in [-0.1, -0.05) is 36.4 Å². The number of hydrogen-bond donors (Lipinski definition) is 0. The minimum atomic E-state index is 0. The van der Waals surface area contributed by atoms with Crippen LogP contribution < -0.4 is 0 Å². The Morgan fingerprint density at radius 1 is 0.429 bits per heavy atom. The molecule has 0 aromatic heterocycles. The van der Waals surface area contributed by atoms with E-state index in [2.05, 4.69) is 0 Å². The van der Waals surface area contributed by atoms with Crippen molar-refractivity contribution in [2.45, 2.75) is 0 Å². The molecule has 0 N–H and O–H groups in total. The second-order valence-electron chi connectivity index (χ2n) is 1.15. The van der Waals surface area contributed by atoms with Crippen molar-refractivity contribution in [2.24, 2.45) is 0 Å².